The molecule has 4 rings (SSSR count). The maximum Gasteiger partial charge on any atom is 0.239 e. The fraction of sp³-hybridized carbons (Fsp3) is 0.625. The van der Waals surface area contributed by atoms with Crippen LogP contribution in [0.25, 0.3) is 0 Å². The zero-order valence-corrected chi connectivity index (χ0v) is 13.9. The molecule has 2 aromatic heterocycles. The van der Waals surface area contributed by atoms with Gasteiger partial charge in [-0.2, -0.15) is 10.2 Å². The van der Waals surface area contributed by atoms with E-state index in [0.717, 1.165) is 31.0 Å². The topological polar surface area (TPSA) is 89.7 Å². The smallest absolute Gasteiger partial charge is 0.239 e. The predicted molar refractivity (Wildman–Crippen MR) is 88.4 cm³/mol. The first-order chi connectivity index (χ1) is 11.7. The number of nitrogens with zero attached hydrogens (tertiary/aromatic N) is 5. The van der Waals surface area contributed by atoms with Gasteiger partial charge < -0.3 is 10.6 Å². The van der Waals surface area contributed by atoms with Crippen molar-refractivity contribution >= 4 is 11.7 Å². The molecule has 0 unspecified atom stereocenters. The van der Waals surface area contributed by atoms with Crippen LogP contribution in [0.5, 0.6) is 0 Å². The van der Waals surface area contributed by atoms with E-state index in [1.807, 2.05) is 15.4 Å². The van der Waals surface area contributed by atoms with E-state index in [1.165, 1.54) is 12.8 Å². The average Bonchev–Trinajstić information content (AvgIpc) is 3.16. The molecule has 1 aliphatic heterocycles. The minimum Gasteiger partial charge on any atom is -0.310 e. The molecule has 1 aliphatic carbocycles. The first-order valence-electron chi connectivity index (χ1n) is 8.64. The van der Waals surface area contributed by atoms with E-state index in [9.17, 15) is 4.79 Å². The molecule has 8 nitrogen and oxygen atoms in total. The first kappa shape index (κ1) is 15.3. The van der Waals surface area contributed by atoms with Crippen LogP contribution in [-0.2, 0) is 17.8 Å². The number of aromatic nitrogens is 5. The van der Waals surface area contributed by atoms with Gasteiger partial charge in [0.2, 0.25) is 5.91 Å². The standard InChI is InChI=1S/C16H23N7O/c1-11(12-2-3-12)23-15(6-7-19-23)21-16(24)8-17-13-4-5-14-18-10-20-22(14)9-13/h6-7,10-13,17H,2-5,8-9H2,1H3,(H,21,24)/t11-,13+/m1/s1. The summed E-state index contributed by atoms with van der Waals surface area (Å²) in [5, 5.41) is 14.9. The number of anilines is 1. The van der Waals surface area contributed by atoms with Crippen LogP contribution in [-0.4, -0.2) is 43.0 Å². The number of rotatable bonds is 6. The Morgan fingerprint density at radius 1 is 1.38 bits per heavy atom. The molecule has 128 valence electrons. The lowest BCUT2D eigenvalue weighted by atomic mass is 10.1. The molecule has 0 saturated heterocycles. The minimum atomic E-state index is -0.0378. The van der Waals surface area contributed by atoms with Crippen molar-refractivity contribution in [2.45, 2.75) is 51.2 Å². The van der Waals surface area contributed by atoms with Crippen molar-refractivity contribution in [1.29, 1.82) is 0 Å². The highest BCUT2D eigenvalue weighted by molar-refractivity contribution is 5.91. The molecular weight excluding hydrogens is 306 g/mol. The SMILES string of the molecule is C[C@H](C1CC1)n1nccc1NC(=O)CN[C@H]1CCc2ncnn2C1. The molecule has 24 heavy (non-hydrogen) atoms. The van der Waals surface area contributed by atoms with Crippen LogP contribution in [0.15, 0.2) is 18.6 Å². The van der Waals surface area contributed by atoms with Gasteiger partial charge in [-0.1, -0.05) is 0 Å². The largest absolute Gasteiger partial charge is 0.310 e. The highest BCUT2D eigenvalue weighted by Crippen LogP contribution is 2.40. The number of fused-ring (bicyclic) bond motifs is 1. The van der Waals surface area contributed by atoms with Gasteiger partial charge in [0.25, 0.3) is 0 Å². The highest BCUT2D eigenvalue weighted by atomic mass is 16.2. The lowest BCUT2D eigenvalue weighted by Crippen LogP contribution is -2.41. The van der Waals surface area contributed by atoms with Crippen molar-refractivity contribution in [3.8, 4) is 0 Å². The van der Waals surface area contributed by atoms with Gasteiger partial charge in [0, 0.05) is 18.5 Å². The third-order valence-electron chi connectivity index (χ3n) is 4.98. The Labute approximate surface area is 140 Å². The molecule has 1 saturated carbocycles. The monoisotopic (exact) mass is 329 g/mol. The second kappa shape index (κ2) is 6.35. The van der Waals surface area contributed by atoms with Crippen LogP contribution in [0.3, 0.4) is 0 Å². The Hall–Kier alpha value is -2.22. The van der Waals surface area contributed by atoms with Gasteiger partial charge in [-0.3, -0.25) is 4.79 Å². The van der Waals surface area contributed by atoms with Crippen LogP contribution >= 0.6 is 0 Å². The summed E-state index contributed by atoms with van der Waals surface area (Å²) in [6.45, 7) is 3.22. The Morgan fingerprint density at radius 2 is 2.25 bits per heavy atom. The van der Waals surface area contributed by atoms with Gasteiger partial charge in [-0.05, 0) is 32.1 Å². The number of nitrogens with one attached hydrogen (secondary N) is 2. The van der Waals surface area contributed by atoms with Crippen molar-refractivity contribution in [1.82, 2.24) is 29.9 Å². The summed E-state index contributed by atoms with van der Waals surface area (Å²) in [6.07, 6.45) is 7.71. The van der Waals surface area contributed by atoms with E-state index in [2.05, 4.69) is 32.7 Å². The number of carbonyl (C=O) groups is 1. The van der Waals surface area contributed by atoms with Crippen LogP contribution in [0.2, 0.25) is 0 Å². The Bertz CT molecular complexity index is 718. The Balaban J connectivity index is 1.29. The number of amides is 1. The molecule has 0 radical (unpaired) electrons. The molecule has 2 aromatic rings. The molecule has 2 aliphatic rings. The van der Waals surface area contributed by atoms with Gasteiger partial charge in [0.1, 0.15) is 18.0 Å². The van der Waals surface area contributed by atoms with E-state index in [1.54, 1.807) is 12.5 Å². The fourth-order valence-corrected chi connectivity index (χ4v) is 3.34. The van der Waals surface area contributed by atoms with Crippen molar-refractivity contribution in [2.24, 2.45) is 5.92 Å². The number of carbonyl (C=O) groups excluding carboxylic acids is 1. The normalized spacial score (nSPS) is 21.3. The summed E-state index contributed by atoms with van der Waals surface area (Å²) in [4.78, 5) is 16.5. The number of aryl methyl sites for hydroxylation is 1. The third kappa shape index (κ3) is 3.19. The number of hydrogen-bond acceptors (Lipinski definition) is 5. The molecule has 0 spiro atoms. The van der Waals surface area contributed by atoms with E-state index in [0.29, 0.717) is 12.0 Å². The summed E-state index contributed by atoms with van der Waals surface area (Å²) in [6, 6.07) is 2.45. The maximum absolute atomic E-state index is 12.3. The fourth-order valence-electron chi connectivity index (χ4n) is 3.34. The molecule has 2 atom stereocenters. The molecular formula is C16H23N7O. The van der Waals surface area contributed by atoms with Crippen LogP contribution in [0.1, 0.15) is 38.1 Å². The minimum absolute atomic E-state index is 0.0378. The van der Waals surface area contributed by atoms with E-state index >= 15 is 0 Å². The zero-order valence-electron chi connectivity index (χ0n) is 13.9. The lowest BCUT2D eigenvalue weighted by molar-refractivity contribution is -0.115. The molecule has 2 N–H and O–H groups in total. The van der Waals surface area contributed by atoms with Gasteiger partial charge in [0.05, 0.1) is 25.3 Å². The predicted octanol–water partition coefficient (Wildman–Crippen LogP) is 0.989. The lowest BCUT2D eigenvalue weighted by Gasteiger charge is -2.23. The zero-order chi connectivity index (χ0) is 16.5. The van der Waals surface area contributed by atoms with Gasteiger partial charge >= 0.3 is 0 Å². The van der Waals surface area contributed by atoms with E-state index in [-0.39, 0.29) is 18.5 Å². The quantitative estimate of drug-likeness (QED) is 0.825. The van der Waals surface area contributed by atoms with Crippen molar-refractivity contribution in [2.75, 3.05) is 11.9 Å². The molecule has 0 aromatic carbocycles. The Kier molecular flexibility index (Phi) is 4.05. The van der Waals surface area contributed by atoms with Crippen LogP contribution in [0, 0.1) is 5.92 Å². The van der Waals surface area contributed by atoms with Crippen LogP contribution < -0.4 is 10.6 Å². The third-order valence-corrected chi connectivity index (χ3v) is 4.98. The first-order valence-corrected chi connectivity index (χ1v) is 8.64. The van der Waals surface area contributed by atoms with Crippen molar-refractivity contribution in [3.63, 3.8) is 0 Å². The summed E-state index contributed by atoms with van der Waals surface area (Å²) >= 11 is 0. The maximum atomic E-state index is 12.3. The molecule has 1 fully saturated rings. The van der Waals surface area contributed by atoms with Gasteiger partial charge in [-0.15, -0.1) is 0 Å². The molecule has 8 heteroatoms. The average molecular weight is 329 g/mol. The second-order valence-electron chi connectivity index (χ2n) is 6.76. The molecule has 0 bridgehead atoms. The Morgan fingerprint density at radius 3 is 3.08 bits per heavy atom. The summed E-state index contributed by atoms with van der Waals surface area (Å²) in [5.74, 6) is 2.46. The highest BCUT2D eigenvalue weighted by Gasteiger charge is 2.30. The van der Waals surface area contributed by atoms with Gasteiger partial charge in [-0.25, -0.2) is 14.3 Å². The second-order valence-corrected chi connectivity index (χ2v) is 6.76. The number of hydrogen-bond donors (Lipinski definition) is 2. The van der Waals surface area contributed by atoms with Gasteiger partial charge in [0.15, 0.2) is 0 Å². The summed E-state index contributed by atoms with van der Waals surface area (Å²) in [5.41, 5.74) is 0. The summed E-state index contributed by atoms with van der Waals surface area (Å²) in [7, 11) is 0. The molecule has 1 amide bonds. The van der Waals surface area contributed by atoms with Crippen molar-refractivity contribution in [3.05, 3.63) is 24.4 Å². The van der Waals surface area contributed by atoms with E-state index < -0.39 is 0 Å². The summed E-state index contributed by atoms with van der Waals surface area (Å²) < 4.78 is 3.84. The van der Waals surface area contributed by atoms with Crippen LogP contribution in [0.4, 0.5) is 5.82 Å². The van der Waals surface area contributed by atoms with E-state index in [4.69, 9.17) is 0 Å². The van der Waals surface area contributed by atoms with Crippen molar-refractivity contribution < 1.29 is 4.79 Å². The molecule has 3 heterocycles.